The summed E-state index contributed by atoms with van der Waals surface area (Å²) in [5.41, 5.74) is 1.11. The number of methoxy groups -OCH3 is 1. The Morgan fingerprint density at radius 1 is 1.18 bits per heavy atom. The van der Waals surface area contributed by atoms with E-state index < -0.39 is 11.9 Å². The number of carboxylic acid groups (broad SMARTS) is 1. The minimum atomic E-state index is -1.28. The summed E-state index contributed by atoms with van der Waals surface area (Å²) in [6.45, 7) is 0. The van der Waals surface area contributed by atoms with Crippen LogP contribution in [0.5, 0.6) is 5.75 Å². The lowest BCUT2D eigenvalue weighted by molar-refractivity contribution is -0.115. The predicted octanol–water partition coefficient (Wildman–Crippen LogP) is 2.77. The molecule has 2 aromatic carbocycles. The van der Waals surface area contributed by atoms with Crippen molar-refractivity contribution in [2.75, 3.05) is 7.11 Å². The quantitative estimate of drug-likeness (QED) is 0.534. The number of ether oxygens (including phenoxy) is 1. The molecule has 0 aromatic heterocycles. The summed E-state index contributed by atoms with van der Waals surface area (Å²) in [5, 5.41) is 21.5. The van der Waals surface area contributed by atoms with Gasteiger partial charge in [-0.3, -0.25) is 4.79 Å². The zero-order chi connectivity index (χ0) is 20.3. The van der Waals surface area contributed by atoms with E-state index >= 15 is 0 Å². The first-order valence-corrected chi connectivity index (χ1v) is 8.73. The number of benzene rings is 2. The average molecular weight is 398 g/mol. The van der Waals surface area contributed by atoms with Gasteiger partial charge in [-0.15, -0.1) is 0 Å². The first kappa shape index (κ1) is 19.2. The fourth-order valence-electron chi connectivity index (χ4n) is 2.35. The summed E-state index contributed by atoms with van der Waals surface area (Å²) >= 11 is 1.09. The largest absolute Gasteiger partial charge is 0.507 e. The number of aromatic carboxylic acids is 1. The van der Waals surface area contributed by atoms with E-state index in [0.717, 1.165) is 11.8 Å². The van der Waals surface area contributed by atoms with Gasteiger partial charge in [0.2, 0.25) is 0 Å². The van der Waals surface area contributed by atoms with Crippen LogP contribution in [0, 0.1) is 0 Å². The molecule has 142 valence electrons. The summed E-state index contributed by atoms with van der Waals surface area (Å²) in [7, 11) is 1.30. The maximum Gasteiger partial charge on any atom is 0.339 e. The van der Waals surface area contributed by atoms with Gasteiger partial charge in [0.15, 0.2) is 5.17 Å². The Balaban J connectivity index is 1.80. The number of hydrogen-bond donors (Lipinski definition) is 3. The molecule has 1 heterocycles. The number of amides is 1. The number of carboxylic acids is 1. The molecule has 3 rings (SSSR count). The van der Waals surface area contributed by atoms with Crippen molar-refractivity contribution < 1.29 is 29.3 Å². The number of nitrogens with zero attached hydrogens (tertiary/aromatic N) is 1. The third-order valence-electron chi connectivity index (χ3n) is 3.72. The molecule has 0 spiro atoms. The number of nitrogens with one attached hydrogen (secondary N) is 1. The second-order valence-electron chi connectivity index (χ2n) is 5.60. The molecule has 1 saturated heterocycles. The number of thioether (sulfide) groups is 1. The van der Waals surface area contributed by atoms with Crippen LogP contribution in [0.1, 0.15) is 26.3 Å². The molecule has 1 aliphatic heterocycles. The molecule has 9 heteroatoms. The van der Waals surface area contributed by atoms with Crippen molar-refractivity contribution in [3.8, 4) is 5.75 Å². The number of phenols is 1. The van der Waals surface area contributed by atoms with Crippen LogP contribution < -0.4 is 5.32 Å². The number of rotatable bonds is 4. The van der Waals surface area contributed by atoms with Crippen LogP contribution in [-0.2, 0) is 9.53 Å². The summed E-state index contributed by atoms with van der Waals surface area (Å²) in [6.07, 6.45) is 1.64. The topological polar surface area (TPSA) is 125 Å². The molecule has 1 aliphatic rings. The highest BCUT2D eigenvalue weighted by atomic mass is 32.2. The lowest BCUT2D eigenvalue weighted by Gasteiger charge is -2.01. The highest BCUT2D eigenvalue weighted by Gasteiger charge is 2.24. The smallest absolute Gasteiger partial charge is 0.339 e. The van der Waals surface area contributed by atoms with Crippen molar-refractivity contribution in [1.29, 1.82) is 0 Å². The molecular formula is C19H14N2O6S. The zero-order valence-electron chi connectivity index (χ0n) is 14.5. The van der Waals surface area contributed by atoms with Crippen LogP contribution in [0.25, 0.3) is 6.08 Å². The summed E-state index contributed by atoms with van der Waals surface area (Å²) in [5.74, 6) is -2.44. The van der Waals surface area contributed by atoms with E-state index in [2.05, 4.69) is 15.0 Å². The molecule has 0 atom stereocenters. The fourth-order valence-corrected chi connectivity index (χ4v) is 3.19. The van der Waals surface area contributed by atoms with E-state index in [4.69, 9.17) is 5.11 Å². The predicted molar refractivity (Wildman–Crippen MR) is 104 cm³/mol. The number of amidine groups is 1. The number of aliphatic imine (C=N–C) groups is 1. The molecule has 1 amide bonds. The Bertz CT molecular complexity index is 1030. The molecule has 0 bridgehead atoms. The van der Waals surface area contributed by atoms with Crippen molar-refractivity contribution in [2.24, 2.45) is 4.99 Å². The second kappa shape index (κ2) is 7.97. The normalized spacial score (nSPS) is 16.2. The van der Waals surface area contributed by atoms with Crippen LogP contribution in [-0.4, -0.2) is 40.3 Å². The van der Waals surface area contributed by atoms with Crippen LogP contribution in [0.2, 0.25) is 0 Å². The zero-order valence-corrected chi connectivity index (χ0v) is 15.3. The third-order valence-corrected chi connectivity index (χ3v) is 4.63. The van der Waals surface area contributed by atoms with E-state index in [-0.39, 0.29) is 28.1 Å². The maximum atomic E-state index is 12.1. The highest BCUT2D eigenvalue weighted by molar-refractivity contribution is 8.18. The van der Waals surface area contributed by atoms with E-state index in [9.17, 15) is 19.5 Å². The van der Waals surface area contributed by atoms with E-state index in [1.165, 1.54) is 25.3 Å². The molecule has 3 N–H and O–H groups in total. The fraction of sp³-hybridized carbons (Fsp3) is 0.0526. The molecule has 8 nitrogen and oxygen atoms in total. The van der Waals surface area contributed by atoms with Crippen LogP contribution in [0.15, 0.2) is 52.4 Å². The van der Waals surface area contributed by atoms with Gasteiger partial charge in [0.1, 0.15) is 11.3 Å². The lowest BCUT2D eigenvalue weighted by atomic mass is 10.1. The molecule has 0 unspecified atom stereocenters. The van der Waals surface area contributed by atoms with Gasteiger partial charge >= 0.3 is 11.9 Å². The molecule has 2 aromatic rings. The van der Waals surface area contributed by atoms with Crippen molar-refractivity contribution in [3.05, 3.63) is 64.1 Å². The maximum absolute atomic E-state index is 12.1. The van der Waals surface area contributed by atoms with Crippen molar-refractivity contribution >= 4 is 46.5 Å². The molecule has 0 saturated carbocycles. The van der Waals surface area contributed by atoms with Gasteiger partial charge in [0.25, 0.3) is 5.91 Å². The van der Waals surface area contributed by atoms with E-state index in [0.29, 0.717) is 16.0 Å². The molecular weight excluding hydrogens is 384 g/mol. The minimum Gasteiger partial charge on any atom is -0.507 e. The SMILES string of the molecule is COC(=O)c1ccc(/C=C2\SC(=Nc3ccc(O)c(C(=O)O)c3)NC2=O)cc1. The van der Waals surface area contributed by atoms with Gasteiger partial charge in [-0.25, -0.2) is 14.6 Å². The van der Waals surface area contributed by atoms with Crippen molar-refractivity contribution in [2.45, 2.75) is 0 Å². The van der Waals surface area contributed by atoms with Crippen LogP contribution in [0.4, 0.5) is 5.69 Å². The summed E-state index contributed by atoms with van der Waals surface area (Å²) in [4.78, 5) is 39.3. The van der Waals surface area contributed by atoms with Gasteiger partial charge in [-0.05, 0) is 53.7 Å². The number of aromatic hydroxyl groups is 1. The average Bonchev–Trinajstić information content (AvgIpc) is 3.02. The Morgan fingerprint density at radius 3 is 2.54 bits per heavy atom. The van der Waals surface area contributed by atoms with Gasteiger partial charge in [-0.1, -0.05) is 12.1 Å². The monoisotopic (exact) mass is 398 g/mol. The van der Waals surface area contributed by atoms with Gasteiger partial charge in [0, 0.05) is 0 Å². The Hall–Kier alpha value is -3.59. The summed E-state index contributed by atoms with van der Waals surface area (Å²) in [6, 6.07) is 10.4. The van der Waals surface area contributed by atoms with Crippen LogP contribution in [0.3, 0.4) is 0 Å². The highest BCUT2D eigenvalue weighted by Crippen LogP contribution is 2.29. The third kappa shape index (κ3) is 4.21. The van der Waals surface area contributed by atoms with Crippen molar-refractivity contribution in [3.63, 3.8) is 0 Å². The Kier molecular flexibility index (Phi) is 5.46. The lowest BCUT2D eigenvalue weighted by Crippen LogP contribution is -2.19. The second-order valence-corrected chi connectivity index (χ2v) is 6.63. The molecule has 1 fully saturated rings. The molecule has 0 radical (unpaired) electrons. The first-order chi connectivity index (χ1) is 13.4. The van der Waals surface area contributed by atoms with Crippen LogP contribution >= 0.6 is 11.8 Å². The Morgan fingerprint density at radius 2 is 1.89 bits per heavy atom. The van der Waals surface area contributed by atoms with Gasteiger partial charge in [0.05, 0.1) is 23.3 Å². The number of carbonyl (C=O) groups excluding carboxylic acids is 2. The van der Waals surface area contributed by atoms with E-state index in [1.54, 1.807) is 30.3 Å². The standard InChI is InChI=1S/C19H14N2O6S/c1-27-18(26)11-4-2-10(3-5-11)8-15-16(23)21-19(28-15)20-12-6-7-14(22)13(9-12)17(24)25/h2-9,22H,1H3,(H,24,25)(H,20,21,23)/b15-8-. The first-order valence-electron chi connectivity index (χ1n) is 7.91. The summed E-state index contributed by atoms with van der Waals surface area (Å²) < 4.78 is 4.64. The van der Waals surface area contributed by atoms with Gasteiger partial charge in [-0.2, -0.15) is 0 Å². The number of carbonyl (C=O) groups is 3. The molecule has 0 aliphatic carbocycles. The Labute approximate surface area is 163 Å². The minimum absolute atomic E-state index is 0.279. The van der Waals surface area contributed by atoms with E-state index in [1.807, 2.05) is 0 Å². The number of esters is 1. The number of hydrogen-bond acceptors (Lipinski definition) is 7. The van der Waals surface area contributed by atoms with Gasteiger partial charge < -0.3 is 20.3 Å². The van der Waals surface area contributed by atoms with Crippen molar-refractivity contribution in [1.82, 2.24) is 5.32 Å². The molecule has 28 heavy (non-hydrogen) atoms.